The van der Waals surface area contributed by atoms with Crippen LogP contribution in [0.4, 0.5) is 11.6 Å². The summed E-state index contributed by atoms with van der Waals surface area (Å²) >= 11 is 0. The van der Waals surface area contributed by atoms with E-state index in [0.717, 1.165) is 60.4 Å². The molecule has 146 valence electrons. The first-order valence-electron chi connectivity index (χ1n) is 10.0. The van der Waals surface area contributed by atoms with Gasteiger partial charge in [0, 0.05) is 43.6 Å². The molecular formula is C20H26N8. The van der Waals surface area contributed by atoms with E-state index in [1.807, 2.05) is 0 Å². The molecule has 0 spiro atoms. The minimum atomic E-state index is 0.0248. The summed E-state index contributed by atoms with van der Waals surface area (Å²) in [6.45, 7) is 10.3. The quantitative estimate of drug-likeness (QED) is 0.750. The number of aromatic nitrogens is 6. The first-order chi connectivity index (χ1) is 13.5. The van der Waals surface area contributed by atoms with E-state index in [0.29, 0.717) is 5.92 Å². The van der Waals surface area contributed by atoms with Gasteiger partial charge in [0.1, 0.15) is 23.8 Å². The zero-order chi connectivity index (χ0) is 19.3. The molecule has 1 aliphatic carbocycles. The summed E-state index contributed by atoms with van der Waals surface area (Å²) in [5.41, 5.74) is 1.95. The smallest absolute Gasteiger partial charge is 0.160 e. The van der Waals surface area contributed by atoms with Crippen LogP contribution in [0.15, 0.2) is 18.6 Å². The van der Waals surface area contributed by atoms with Gasteiger partial charge in [0.2, 0.25) is 0 Å². The molecule has 2 fully saturated rings. The number of nitrogens with zero attached hydrogens (tertiary/aromatic N) is 7. The second kappa shape index (κ2) is 6.39. The van der Waals surface area contributed by atoms with E-state index in [1.165, 1.54) is 12.8 Å². The molecular weight excluding hydrogens is 352 g/mol. The number of H-pyrrole nitrogens is 1. The van der Waals surface area contributed by atoms with Crippen LogP contribution in [0.5, 0.6) is 0 Å². The molecule has 8 nitrogen and oxygen atoms in total. The molecule has 0 amide bonds. The van der Waals surface area contributed by atoms with Gasteiger partial charge in [0.25, 0.3) is 0 Å². The van der Waals surface area contributed by atoms with Crippen molar-refractivity contribution in [3.8, 4) is 0 Å². The van der Waals surface area contributed by atoms with E-state index in [1.54, 1.807) is 12.5 Å². The molecule has 5 rings (SSSR count). The molecule has 1 saturated carbocycles. The van der Waals surface area contributed by atoms with E-state index < -0.39 is 0 Å². The maximum atomic E-state index is 4.93. The van der Waals surface area contributed by atoms with E-state index in [2.05, 4.69) is 56.8 Å². The Labute approximate surface area is 164 Å². The molecule has 1 N–H and O–H groups in total. The van der Waals surface area contributed by atoms with Crippen molar-refractivity contribution in [2.45, 2.75) is 44.9 Å². The van der Waals surface area contributed by atoms with Gasteiger partial charge in [0.05, 0.1) is 17.3 Å². The Kier molecular flexibility index (Phi) is 3.96. The highest BCUT2D eigenvalue weighted by atomic mass is 15.3. The Morgan fingerprint density at radius 1 is 1.00 bits per heavy atom. The van der Waals surface area contributed by atoms with Crippen LogP contribution in [0.3, 0.4) is 0 Å². The number of hydrogen-bond acceptors (Lipinski definition) is 7. The van der Waals surface area contributed by atoms with Gasteiger partial charge in [0.15, 0.2) is 5.65 Å². The van der Waals surface area contributed by atoms with Gasteiger partial charge in [-0.15, -0.1) is 0 Å². The molecule has 3 aromatic heterocycles. The van der Waals surface area contributed by atoms with E-state index >= 15 is 0 Å². The molecule has 0 radical (unpaired) electrons. The van der Waals surface area contributed by atoms with Crippen LogP contribution in [-0.2, 0) is 5.41 Å². The van der Waals surface area contributed by atoms with Crippen LogP contribution in [0, 0.1) is 0 Å². The zero-order valence-corrected chi connectivity index (χ0v) is 16.7. The van der Waals surface area contributed by atoms with Crippen molar-refractivity contribution in [2.75, 3.05) is 36.0 Å². The molecule has 8 heteroatoms. The number of fused-ring (bicyclic) bond motifs is 1. The van der Waals surface area contributed by atoms with Gasteiger partial charge < -0.3 is 9.80 Å². The first kappa shape index (κ1) is 17.3. The highest BCUT2D eigenvalue weighted by molar-refractivity contribution is 5.86. The summed E-state index contributed by atoms with van der Waals surface area (Å²) in [6, 6.07) is 2.18. The lowest BCUT2D eigenvalue weighted by atomic mass is 9.91. The Balaban J connectivity index is 1.38. The second-order valence-corrected chi connectivity index (χ2v) is 8.80. The summed E-state index contributed by atoms with van der Waals surface area (Å²) in [5, 5.41) is 8.00. The monoisotopic (exact) mass is 378 g/mol. The van der Waals surface area contributed by atoms with Crippen molar-refractivity contribution in [3.63, 3.8) is 0 Å². The molecule has 0 unspecified atom stereocenters. The summed E-state index contributed by atoms with van der Waals surface area (Å²) in [7, 11) is 0. The van der Waals surface area contributed by atoms with Crippen molar-refractivity contribution in [1.29, 1.82) is 0 Å². The average Bonchev–Trinajstić information content (AvgIpc) is 3.44. The molecule has 1 saturated heterocycles. The number of hydrogen-bond donors (Lipinski definition) is 1. The molecule has 28 heavy (non-hydrogen) atoms. The van der Waals surface area contributed by atoms with Crippen LogP contribution in [0.2, 0.25) is 0 Å². The molecule has 0 aromatic carbocycles. The van der Waals surface area contributed by atoms with Gasteiger partial charge in [-0.3, -0.25) is 5.10 Å². The van der Waals surface area contributed by atoms with Gasteiger partial charge in [-0.25, -0.2) is 19.9 Å². The topological polar surface area (TPSA) is 86.7 Å². The van der Waals surface area contributed by atoms with Gasteiger partial charge in [-0.2, -0.15) is 5.10 Å². The Bertz CT molecular complexity index is 993. The zero-order valence-electron chi connectivity index (χ0n) is 16.7. The summed E-state index contributed by atoms with van der Waals surface area (Å²) < 4.78 is 0. The van der Waals surface area contributed by atoms with Gasteiger partial charge >= 0.3 is 0 Å². The van der Waals surface area contributed by atoms with Crippen molar-refractivity contribution < 1.29 is 0 Å². The maximum absolute atomic E-state index is 4.93. The molecule has 0 atom stereocenters. The predicted octanol–water partition coefficient (Wildman–Crippen LogP) is 2.64. The van der Waals surface area contributed by atoms with Crippen LogP contribution in [0.1, 0.15) is 51.0 Å². The average molecular weight is 378 g/mol. The van der Waals surface area contributed by atoms with Crippen molar-refractivity contribution in [2.24, 2.45) is 0 Å². The number of anilines is 2. The van der Waals surface area contributed by atoms with Crippen LogP contribution >= 0.6 is 0 Å². The lowest BCUT2D eigenvalue weighted by molar-refractivity contribution is 0.559. The number of nitrogens with one attached hydrogen (secondary N) is 1. The van der Waals surface area contributed by atoms with Crippen molar-refractivity contribution >= 4 is 22.7 Å². The third-order valence-electron chi connectivity index (χ3n) is 5.57. The second-order valence-electron chi connectivity index (χ2n) is 8.80. The van der Waals surface area contributed by atoms with Crippen LogP contribution < -0.4 is 9.80 Å². The van der Waals surface area contributed by atoms with Gasteiger partial charge in [-0.1, -0.05) is 20.8 Å². The Hall–Kier alpha value is -2.77. The van der Waals surface area contributed by atoms with E-state index in [9.17, 15) is 0 Å². The Morgan fingerprint density at radius 2 is 1.75 bits per heavy atom. The van der Waals surface area contributed by atoms with E-state index in [-0.39, 0.29) is 5.41 Å². The minimum absolute atomic E-state index is 0.0248. The molecule has 0 bridgehead atoms. The number of piperazine rings is 1. The van der Waals surface area contributed by atoms with E-state index in [4.69, 9.17) is 9.97 Å². The largest absolute Gasteiger partial charge is 0.353 e. The molecule has 1 aliphatic heterocycles. The highest BCUT2D eigenvalue weighted by Gasteiger charge is 2.30. The van der Waals surface area contributed by atoms with Crippen LogP contribution in [-0.4, -0.2) is 56.3 Å². The molecule has 2 aliphatic rings. The fraction of sp³-hybridized carbons (Fsp3) is 0.550. The summed E-state index contributed by atoms with van der Waals surface area (Å²) in [4.78, 5) is 23.2. The fourth-order valence-corrected chi connectivity index (χ4v) is 3.67. The SMILES string of the molecule is CC(C)(C)c1cc(N2CCN(c3ncnc4[nH]ncc34)CC2)nc(C2CC2)n1. The van der Waals surface area contributed by atoms with Crippen molar-refractivity contribution in [3.05, 3.63) is 30.1 Å². The predicted molar refractivity (Wildman–Crippen MR) is 109 cm³/mol. The van der Waals surface area contributed by atoms with Crippen LogP contribution in [0.25, 0.3) is 11.0 Å². The lowest BCUT2D eigenvalue weighted by Gasteiger charge is -2.36. The fourth-order valence-electron chi connectivity index (χ4n) is 3.67. The summed E-state index contributed by atoms with van der Waals surface area (Å²) in [6.07, 6.45) is 5.84. The first-order valence-corrected chi connectivity index (χ1v) is 10.0. The molecule has 3 aromatic rings. The standard InChI is InChI=1S/C20H26N8/c1-20(2,3)15-10-16(25-17(24-15)13-4-5-13)27-6-8-28(9-7-27)19-14-11-23-26-18(14)21-12-22-19/h10-13H,4-9H2,1-3H3,(H,21,22,23,26). The van der Waals surface area contributed by atoms with Crippen molar-refractivity contribution in [1.82, 2.24) is 30.1 Å². The number of rotatable bonds is 3. The third-order valence-corrected chi connectivity index (χ3v) is 5.57. The minimum Gasteiger partial charge on any atom is -0.353 e. The number of aromatic amines is 1. The maximum Gasteiger partial charge on any atom is 0.160 e. The molecule has 4 heterocycles. The van der Waals surface area contributed by atoms with Gasteiger partial charge in [-0.05, 0) is 12.8 Å². The highest BCUT2D eigenvalue weighted by Crippen LogP contribution is 2.39. The lowest BCUT2D eigenvalue weighted by Crippen LogP contribution is -2.47. The normalized spacial score (nSPS) is 18.1. The summed E-state index contributed by atoms with van der Waals surface area (Å²) in [5.74, 6) is 3.60. The Morgan fingerprint density at radius 3 is 2.46 bits per heavy atom. The third kappa shape index (κ3) is 3.16.